The lowest BCUT2D eigenvalue weighted by atomic mass is 10.1. The second-order valence-electron chi connectivity index (χ2n) is 6.13. The molecule has 1 aliphatic heterocycles. The Balaban J connectivity index is 1.72. The molecule has 0 spiro atoms. The summed E-state index contributed by atoms with van der Waals surface area (Å²) in [5, 5.41) is 10.1. The summed E-state index contributed by atoms with van der Waals surface area (Å²) < 4.78 is 0. The first kappa shape index (κ1) is 18.5. The molecule has 3 rings (SSSR count). The van der Waals surface area contributed by atoms with E-state index < -0.39 is 5.97 Å². The summed E-state index contributed by atoms with van der Waals surface area (Å²) in [6.07, 6.45) is 1.54. The van der Waals surface area contributed by atoms with Gasteiger partial charge >= 0.3 is 5.97 Å². The number of aromatic nitrogens is 1. The number of pyridine rings is 1. The monoisotopic (exact) mass is 393 g/mol. The van der Waals surface area contributed by atoms with Crippen LogP contribution in [0.3, 0.4) is 0 Å². The topological polar surface area (TPSA) is 73.7 Å². The summed E-state index contributed by atoms with van der Waals surface area (Å²) in [6.45, 7) is 3.93. The van der Waals surface area contributed by atoms with Gasteiger partial charge in [0.15, 0.2) is 0 Å². The number of carbonyl (C=O) groups is 2. The van der Waals surface area contributed by atoms with Gasteiger partial charge in [-0.1, -0.05) is 23.2 Å². The van der Waals surface area contributed by atoms with Crippen LogP contribution in [-0.4, -0.2) is 53.0 Å². The van der Waals surface area contributed by atoms with Crippen LogP contribution in [-0.2, 0) is 0 Å². The third-order valence-electron chi connectivity index (χ3n) is 4.23. The first-order valence-electron chi connectivity index (χ1n) is 8.05. The minimum absolute atomic E-state index is 0.115. The number of nitrogens with zero attached hydrogens (tertiary/aromatic N) is 3. The highest BCUT2D eigenvalue weighted by molar-refractivity contribution is 6.36. The second-order valence-corrected chi connectivity index (χ2v) is 6.97. The highest BCUT2D eigenvalue weighted by Gasteiger charge is 2.24. The molecule has 0 atom stereocenters. The highest BCUT2D eigenvalue weighted by atomic mass is 35.5. The highest BCUT2D eigenvalue weighted by Crippen LogP contribution is 2.27. The van der Waals surface area contributed by atoms with Crippen LogP contribution in [0.25, 0.3) is 0 Å². The number of hydrogen-bond donors (Lipinski definition) is 1. The maximum absolute atomic E-state index is 12.7. The van der Waals surface area contributed by atoms with Crippen molar-refractivity contribution < 1.29 is 14.7 Å². The SMILES string of the molecule is Cc1cc(C(=O)O)cc(C(=O)N2CCN(c3ncc(Cl)cc3Cl)CC2)c1. The van der Waals surface area contributed by atoms with Gasteiger partial charge in [0.05, 0.1) is 15.6 Å². The molecule has 8 heteroatoms. The molecule has 0 saturated carbocycles. The fraction of sp³-hybridized carbons (Fsp3) is 0.278. The van der Waals surface area contributed by atoms with Gasteiger partial charge in [-0.2, -0.15) is 0 Å². The minimum atomic E-state index is -1.05. The molecule has 0 radical (unpaired) electrons. The molecule has 6 nitrogen and oxygen atoms in total. The van der Waals surface area contributed by atoms with Gasteiger partial charge in [0, 0.05) is 37.9 Å². The fourth-order valence-electron chi connectivity index (χ4n) is 2.97. The van der Waals surface area contributed by atoms with E-state index in [1.54, 1.807) is 36.2 Å². The van der Waals surface area contributed by atoms with Crippen LogP contribution in [0.15, 0.2) is 30.5 Å². The zero-order chi connectivity index (χ0) is 18.8. The molecule has 1 N–H and O–H groups in total. The Labute approximate surface area is 161 Å². The standard InChI is InChI=1S/C18H17Cl2N3O3/c1-11-6-12(8-13(7-11)18(25)26)17(24)23-4-2-22(3-5-23)16-15(20)9-14(19)10-21-16/h6-10H,2-5H2,1H3,(H,25,26). The lowest BCUT2D eigenvalue weighted by Gasteiger charge is -2.35. The van der Waals surface area contributed by atoms with E-state index in [9.17, 15) is 14.7 Å². The lowest BCUT2D eigenvalue weighted by Crippen LogP contribution is -2.49. The minimum Gasteiger partial charge on any atom is -0.478 e. The van der Waals surface area contributed by atoms with Gasteiger partial charge in [0.2, 0.25) is 0 Å². The van der Waals surface area contributed by atoms with E-state index in [2.05, 4.69) is 4.98 Å². The molecule has 26 heavy (non-hydrogen) atoms. The largest absolute Gasteiger partial charge is 0.478 e. The molecule has 2 heterocycles. The molecule has 1 amide bonds. The number of piperazine rings is 1. The summed E-state index contributed by atoms with van der Waals surface area (Å²) in [4.78, 5) is 31.9. The summed E-state index contributed by atoms with van der Waals surface area (Å²) in [5.74, 6) is -0.575. The van der Waals surface area contributed by atoms with Crippen molar-refractivity contribution in [3.63, 3.8) is 0 Å². The number of carboxylic acids is 1. The fourth-order valence-corrected chi connectivity index (χ4v) is 3.47. The van der Waals surface area contributed by atoms with E-state index >= 15 is 0 Å². The maximum atomic E-state index is 12.7. The van der Waals surface area contributed by atoms with Crippen molar-refractivity contribution in [2.75, 3.05) is 31.1 Å². The van der Waals surface area contributed by atoms with E-state index in [-0.39, 0.29) is 11.5 Å². The predicted octanol–water partition coefficient (Wildman–Crippen LogP) is 3.36. The molecule has 1 aromatic carbocycles. The number of carboxylic acid groups (broad SMARTS) is 1. The summed E-state index contributed by atoms with van der Waals surface area (Å²) in [7, 11) is 0. The molecule has 1 aliphatic rings. The Morgan fingerprint density at radius 2 is 1.69 bits per heavy atom. The first-order valence-corrected chi connectivity index (χ1v) is 8.81. The Kier molecular flexibility index (Phi) is 5.34. The van der Waals surface area contributed by atoms with Crippen molar-refractivity contribution in [2.45, 2.75) is 6.92 Å². The first-order chi connectivity index (χ1) is 12.3. The number of amides is 1. The van der Waals surface area contributed by atoms with Crippen LogP contribution in [0.5, 0.6) is 0 Å². The molecule has 0 aliphatic carbocycles. The van der Waals surface area contributed by atoms with E-state index in [4.69, 9.17) is 23.2 Å². The Hall–Kier alpha value is -2.31. The quantitative estimate of drug-likeness (QED) is 0.864. The molecular formula is C18H17Cl2N3O3. The molecule has 136 valence electrons. The summed E-state index contributed by atoms with van der Waals surface area (Å²) in [5.41, 5.74) is 1.24. The van der Waals surface area contributed by atoms with Crippen LogP contribution in [0.4, 0.5) is 5.82 Å². The normalized spacial score (nSPS) is 14.4. The molecular weight excluding hydrogens is 377 g/mol. The van der Waals surface area contributed by atoms with Crippen LogP contribution >= 0.6 is 23.2 Å². The number of anilines is 1. The average Bonchev–Trinajstić information content (AvgIpc) is 2.61. The van der Waals surface area contributed by atoms with Crippen molar-refractivity contribution in [3.8, 4) is 0 Å². The molecule has 1 aromatic heterocycles. The second kappa shape index (κ2) is 7.51. The zero-order valence-corrected chi connectivity index (χ0v) is 15.6. The molecule has 2 aromatic rings. The Morgan fingerprint density at radius 3 is 2.31 bits per heavy atom. The van der Waals surface area contributed by atoms with Crippen molar-refractivity contribution in [1.29, 1.82) is 0 Å². The van der Waals surface area contributed by atoms with Gasteiger partial charge in [-0.15, -0.1) is 0 Å². The van der Waals surface area contributed by atoms with Gasteiger partial charge in [0.25, 0.3) is 5.91 Å². The van der Waals surface area contributed by atoms with E-state index in [1.165, 1.54) is 6.07 Å². The van der Waals surface area contributed by atoms with Crippen molar-refractivity contribution in [2.24, 2.45) is 0 Å². The van der Waals surface area contributed by atoms with Crippen molar-refractivity contribution >= 4 is 40.9 Å². The molecule has 0 unspecified atom stereocenters. The van der Waals surface area contributed by atoms with Crippen molar-refractivity contribution in [1.82, 2.24) is 9.88 Å². The number of aromatic carboxylic acids is 1. The van der Waals surface area contributed by atoms with Crippen molar-refractivity contribution in [3.05, 3.63) is 57.2 Å². The Morgan fingerprint density at radius 1 is 1.04 bits per heavy atom. The Bertz CT molecular complexity index is 865. The smallest absolute Gasteiger partial charge is 0.335 e. The van der Waals surface area contributed by atoms with E-state index in [0.29, 0.717) is 47.6 Å². The maximum Gasteiger partial charge on any atom is 0.335 e. The zero-order valence-electron chi connectivity index (χ0n) is 14.1. The van der Waals surface area contributed by atoms with Crippen LogP contribution in [0, 0.1) is 6.92 Å². The van der Waals surface area contributed by atoms with Gasteiger partial charge in [0.1, 0.15) is 5.82 Å². The van der Waals surface area contributed by atoms with Crippen LogP contribution in [0.2, 0.25) is 10.0 Å². The van der Waals surface area contributed by atoms with E-state index in [1.807, 2.05) is 4.90 Å². The average molecular weight is 394 g/mol. The predicted molar refractivity (Wildman–Crippen MR) is 101 cm³/mol. The lowest BCUT2D eigenvalue weighted by molar-refractivity contribution is 0.0696. The molecule has 1 fully saturated rings. The van der Waals surface area contributed by atoms with Gasteiger partial charge < -0.3 is 14.9 Å². The number of hydrogen-bond acceptors (Lipinski definition) is 4. The van der Waals surface area contributed by atoms with Gasteiger partial charge in [-0.3, -0.25) is 4.79 Å². The van der Waals surface area contributed by atoms with E-state index in [0.717, 1.165) is 5.56 Å². The summed E-state index contributed by atoms with van der Waals surface area (Å²) in [6, 6.07) is 6.31. The van der Waals surface area contributed by atoms with Crippen LogP contribution in [0.1, 0.15) is 26.3 Å². The number of carbonyl (C=O) groups excluding carboxylic acids is 1. The molecule has 1 saturated heterocycles. The molecule has 0 bridgehead atoms. The number of aryl methyl sites for hydroxylation is 1. The summed E-state index contributed by atoms with van der Waals surface area (Å²) >= 11 is 12.1. The van der Waals surface area contributed by atoms with Gasteiger partial charge in [-0.25, -0.2) is 9.78 Å². The number of rotatable bonds is 3. The number of halogens is 2. The van der Waals surface area contributed by atoms with Crippen LogP contribution < -0.4 is 4.90 Å². The number of benzene rings is 1. The third-order valence-corrected chi connectivity index (χ3v) is 4.71. The third kappa shape index (κ3) is 3.92. The van der Waals surface area contributed by atoms with Gasteiger partial charge in [-0.05, 0) is 36.8 Å².